The number of rotatable bonds is 6. The van der Waals surface area contributed by atoms with Gasteiger partial charge < -0.3 is 15.2 Å². The van der Waals surface area contributed by atoms with Gasteiger partial charge in [0.25, 0.3) is 0 Å². The van der Waals surface area contributed by atoms with E-state index >= 15 is 0 Å². The summed E-state index contributed by atoms with van der Waals surface area (Å²) in [6.45, 7) is 6.31. The van der Waals surface area contributed by atoms with Gasteiger partial charge in [-0.2, -0.15) is 0 Å². The lowest BCUT2D eigenvalue weighted by molar-refractivity contribution is 0.668. The Hall–Kier alpha value is -0.990. The zero-order valence-electron chi connectivity index (χ0n) is 13.7. The molecule has 132 valence electrons. The van der Waals surface area contributed by atoms with Crippen LogP contribution in [0.4, 0.5) is 0 Å². The molecule has 2 N–H and O–H groups in total. The largest absolute Gasteiger partial charge is 0.357 e. The molecule has 1 unspecified atom stereocenters. The fraction of sp³-hybridized carbons (Fsp3) is 0.375. The van der Waals surface area contributed by atoms with Crippen molar-refractivity contribution in [2.75, 3.05) is 13.1 Å². The molecule has 0 bridgehead atoms. The first kappa shape index (κ1) is 21.1. The van der Waals surface area contributed by atoms with Crippen molar-refractivity contribution in [3.63, 3.8) is 0 Å². The van der Waals surface area contributed by atoms with Crippen LogP contribution in [0.3, 0.4) is 0 Å². The van der Waals surface area contributed by atoms with Crippen molar-refractivity contribution in [2.24, 2.45) is 4.99 Å². The molecule has 0 amide bonds. The maximum atomic E-state index is 6.26. The van der Waals surface area contributed by atoms with Crippen LogP contribution < -0.4 is 10.6 Å². The van der Waals surface area contributed by atoms with E-state index in [-0.39, 0.29) is 30.0 Å². The molecule has 5 nitrogen and oxygen atoms in total. The van der Waals surface area contributed by atoms with Gasteiger partial charge in [-0.3, -0.25) is 4.99 Å². The molecule has 2 aromatic rings. The molecular formula is C16H22Cl2IN5. The molecular weight excluding hydrogens is 460 g/mol. The van der Waals surface area contributed by atoms with E-state index in [1.807, 2.05) is 36.7 Å². The second-order valence-corrected chi connectivity index (χ2v) is 5.94. The molecule has 0 saturated carbocycles. The number of benzene rings is 1. The van der Waals surface area contributed by atoms with Gasteiger partial charge in [-0.15, -0.1) is 24.0 Å². The summed E-state index contributed by atoms with van der Waals surface area (Å²) in [4.78, 5) is 8.60. The lowest BCUT2D eigenvalue weighted by atomic mass is 10.1. The van der Waals surface area contributed by atoms with Crippen molar-refractivity contribution < 1.29 is 0 Å². The number of hydrogen-bond acceptors (Lipinski definition) is 2. The number of aromatic nitrogens is 2. The minimum absolute atomic E-state index is 0. The lowest BCUT2D eigenvalue weighted by Gasteiger charge is -2.19. The van der Waals surface area contributed by atoms with Gasteiger partial charge in [-0.05, 0) is 31.5 Å². The number of nitrogens with zero attached hydrogens (tertiary/aromatic N) is 3. The summed E-state index contributed by atoms with van der Waals surface area (Å²) >= 11 is 12.2. The summed E-state index contributed by atoms with van der Waals surface area (Å²) in [5.74, 6) is 0.756. The predicted molar refractivity (Wildman–Crippen MR) is 112 cm³/mol. The van der Waals surface area contributed by atoms with Crippen LogP contribution in [-0.4, -0.2) is 28.6 Å². The number of imidazole rings is 1. The Kier molecular flexibility index (Phi) is 9.46. The monoisotopic (exact) mass is 481 g/mol. The Morgan fingerprint density at radius 1 is 1.38 bits per heavy atom. The summed E-state index contributed by atoms with van der Waals surface area (Å²) in [5, 5.41) is 7.88. The molecule has 1 aromatic heterocycles. The Morgan fingerprint density at radius 2 is 2.17 bits per heavy atom. The van der Waals surface area contributed by atoms with Gasteiger partial charge >= 0.3 is 0 Å². The third-order valence-corrected chi connectivity index (χ3v) is 3.88. The van der Waals surface area contributed by atoms with Gasteiger partial charge in [0.2, 0.25) is 0 Å². The predicted octanol–water partition coefficient (Wildman–Crippen LogP) is 4.12. The van der Waals surface area contributed by atoms with Gasteiger partial charge in [-0.1, -0.05) is 29.3 Å². The highest BCUT2D eigenvalue weighted by atomic mass is 127. The zero-order valence-corrected chi connectivity index (χ0v) is 17.5. The van der Waals surface area contributed by atoms with E-state index in [1.54, 1.807) is 18.6 Å². The molecule has 0 saturated heterocycles. The van der Waals surface area contributed by atoms with Crippen molar-refractivity contribution in [1.29, 1.82) is 0 Å². The average Bonchev–Trinajstić information content (AvgIpc) is 3.00. The van der Waals surface area contributed by atoms with E-state index in [9.17, 15) is 0 Å². The van der Waals surface area contributed by atoms with Crippen LogP contribution in [0.25, 0.3) is 0 Å². The van der Waals surface area contributed by atoms with Crippen molar-refractivity contribution in [3.8, 4) is 0 Å². The van der Waals surface area contributed by atoms with Crippen LogP contribution in [-0.2, 0) is 6.54 Å². The van der Waals surface area contributed by atoms with E-state index in [2.05, 4.69) is 20.6 Å². The highest BCUT2D eigenvalue weighted by Crippen LogP contribution is 2.25. The normalized spacial score (nSPS) is 12.4. The summed E-state index contributed by atoms with van der Waals surface area (Å²) in [5.41, 5.74) is 0.983. The lowest BCUT2D eigenvalue weighted by Crippen LogP contribution is -2.39. The number of nitrogens with one attached hydrogen (secondary N) is 2. The number of halogens is 3. The average molecular weight is 482 g/mol. The maximum absolute atomic E-state index is 6.26. The first-order valence-electron chi connectivity index (χ1n) is 7.55. The summed E-state index contributed by atoms with van der Waals surface area (Å²) < 4.78 is 1.99. The van der Waals surface area contributed by atoms with Crippen molar-refractivity contribution in [2.45, 2.75) is 26.4 Å². The van der Waals surface area contributed by atoms with Gasteiger partial charge in [0, 0.05) is 35.5 Å². The fourth-order valence-corrected chi connectivity index (χ4v) is 2.72. The smallest absolute Gasteiger partial charge is 0.191 e. The van der Waals surface area contributed by atoms with Crippen LogP contribution in [0.5, 0.6) is 0 Å². The highest BCUT2D eigenvalue weighted by molar-refractivity contribution is 14.0. The Morgan fingerprint density at radius 3 is 2.79 bits per heavy atom. The molecule has 8 heteroatoms. The highest BCUT2D eigenvalue weighted by Gasteiger charge is 2.11. The van der Waals surface area contributed by atoms with E-state index in [0.717, 1.165) is 24.6 Å². The molecule has 1 atom stereocenters. The maximum Gasteiger partial charge on any atom is 0.191 e. The standard InChI is InChI=1S/C16H21Cl2N5.HI/c1-3-20-16(21-7-9-23-8-6-19-11-23)22-12(2)14-5-4-13(17)10-15(14)18;/h4-6,8,10-12H,3,7,9H2,1-2H3,(H2,20,21,22);1H. The minimum Gasteiger partial charge on any atom is -0.357 e. The second kappa shape index (κ2) is 10.8. The van der Waals surface area contributed by atoms with E-state index in [1.165, 1.54) is 0 Å². The summed E-state index contributed by atoms with van der Waals surface area (Å²) in [7, 11) is 0. The number of hydrogen-bond donors (Lipinski definition) is 2. The summed E-state index contributed by atoms with van der Waals surface area (Å²) in [6, 6.07) is 5.53. The zero-order chi connectivity index (χ0) is 16.7. The first-order chi connectivity index (χ1) is 11.1. The molecule has 0 radical (unpaired) electrons. The molecule has 0 aliphatic rings. The van der Waals surface area contributed by atoms with Crippen molar-refractivity contribution in [1.82, 2.24) is 20.2 Å². The Labute approximate surface area is 169 Å². The molecule has 0 spiro atoms. The number of guanidine groups is 1. The van der Waals surface area contributed by atoms with Gasteiger partial charge in [0.15, 0.2) is 5.96 Å². The van der Waals surface area contributed by atoms with E-state index < -0.39 is 0 Å². The van der Waals surface area contributed by atoms with E-state index in [0.29, 0.717) is 16.6 Å². The van der Waals surface area contributed by atoms with E-state index in [4.69, 9.17) is 23.2 Å². The molecule has 1 aromatic carbocycles. The van der Waals surface area contributed by atoms with Crippen molar-refractivity contribution in [3.05, 3.63) is 52.5 Å². The van der Waals surface area contributed by atoms with Crippen LogP contribution in [0.15, 0.2) is 41.9 Å². The number of aliphatic imine (C=N–C) groups is 1. The van der Waals surface area contributed by atoms with Crippen LogP contribution in [0.1, 0.15) is 25.5 Å². The molecule has 24 heavy (non-hydrogen) atoms. The van der Waals surface area contributed by atoms with Gasteiger partial charge in [0.1, 0.15) is 0 Å². The first-order valence-corrected chi connectivity index (χ1v) is 8.31. The molecule has 0 aliphatic heterocycles. The van der Waals surface area contributed by atoms with Crippen LogP contribution in [0, 0.1) is 0 Å². The second-order valence-electron chi connectivity index (χ2n) is 5.09. The SMILES string of the molecule is CCNC(=NCCn1ccnc1)NC(C)c1ccc(Cl)cc1Cl.I. The topological polar surface area (TPSA) is 54.2 Å². The van der Waals surface area contributed by atoms with Crippen LogP contribution >= 0.6 is 47.2 Å². The quantitative estimate of drug-likeness (QED) is 0.370. The minimum atomic E-state index is 0. The Balaban J connectivity index is 0.00000288. The molecule has 2 rings (SSSR count). The third kappa shape index (κ3) is 6.49. The van der Waals surface area contributed by atoms with Gasteiger partial charge in [-0.25, -0.2) is 4.98 Å². The fourth-order valence-electron chi connectivity index (χ4n) is 2.15. The van der Waals surface area contributed by atoms with Gasteiger partial charge in [0.05, 0.1) is 18.9 Å². The third-order valence-electron chi connectivity index (χ3n) is 3.31. The van der Waals surface area contributed by atoms with Crippen molar-refractivity contribution >= 4 is 53.1 Å². The molecule has 0 aliphatic carbocycles. The Bertz CT molecular complexity index is 646. The molecule has 1 heterocycles. The molecule has 0 fully saturated rings. The van der Waals surface area contributed by atoms with Crippen LogP contribution in [0.2, 0.25) is 10.0 Å². The summed E-state index contributed by atoms with van der Waals surface area (Å²) in [6.07, 6.45) is 5.47.